The highest BCUT2D eigenvalue weighted by atomic mass is 32.2. The normalized spacial score (nSPS) is 20.2. The van der Waals surface area contributed by atoms with Crippen molar-refractivity contribution >= 4 is 23.5 Å². The maximum atomic E-state index is 2.35. The number of thioether (sulfide) groups is 2. The fourth-order valence-corrected chi connectivity index (χ4v) is 3.68. The van der Waals surface area contributed by atoms with Crippen molar-refractivity contribution in [3.8, 4) is 0 Å². The van der Waals surface area contributed by atoms with E-state index >= 15 is 0 Å². The van der Waals surface area contributed by atoms with E-state index in [9.17, 15) is 0 Å². The van der Waals surface area contributed by atoms with Gasteiger partial charge in [-0.2, -0.15) is 0 Å². The average molecular weight is 160 g/mol. The van der Waals surface area contributed by atoms with Crippen LogP contribution in [0.3, 0.4) is 0 Å². The summed E-state index contributed by atoms with van der Waals surface area (Å²) >= 11 is 4.11. The lowest BCUT2D eigenvalue weighted by Gasteiger charge is -1.99. The monoisotopic (exact) mass is 160 g/mol. The summed E-state index contributed by atoms with van der Waals surface area (Å²) in [5, 5.41) is 0. The molecule has 0 aromatic heterocycles. The van der Waals surface area contributed by atoms with E-state index in [2.05, 4.69) is 43.4 Å². The Morgan fingerprint density at radius 1 is 1.33 bits per heavy atom. The first-order valence-electron chi connectivity index (χ1n) is 3.17. The van der Waals surface area contributed by atoms with Crippen LogP contribution < -0.4 is 0 Å². The molecule has 0 radical (unpaired) electrons. The molecule has 1 aliphatic rings. The van der Waals surface area contributed by atoms with E-state index in [1.165, 1.54) is 17.1 Å². The van der Waals surface area contributed by atoms with Crippen LogP contribution in [0.5, 0.6) is 0 Å². The summed E-state index contributed by atoms with van der Waals surface area (Å²) in [6.07, 6.45) is 2.35. The Balaban J connectivity index is 2.35. The minimum absolute atomic E-state index is 0.759. The van der Waals surface area contributed by atoms with Crippen molar-refractivity contribution in [3.63, 3.8) is 0 Å². The van der Waals surface area contributed by atoms with Gasteiger partial charge in [0.1, 0.15) is 0 Å². The Morgan fingerprint density at radius 3 is 2.33 bits per heavy atom. The highest BCUT2D eigenvalue weighted by Crippen LogP contribution is 2.33. The predicted molar refractivity (Wildman–Crippen MR) is 48.1 cm³/mol. The second-order valence-corrected chi connectivity index (χ2v) is 5.15. The van der Waals surface area contributed by atoms with Crippen LogP contribution in [0.2, 0.25) is 0 Å². The molecule has 1 rings (SSSR count). The summed E-state index contributed by atoms with van der Waals surface area (Å²) in [4.78, 5) is 0. The van der Waals surface area contributed by atoms with Gasteiger partial charge >= 0.3 is 0 Å². The van der Waals surface area contributed by atoms with E-state index in [1.807, 2.05) is 0 Å². The molecule has 0 bridgehead atoms. The first-order chi connectivity index (χ1) is 4.29. The molecular formula is C7H12S2. The van der Waals surface area contributed by atoms with E-state index < -0.39 is 0 Å². The van der Waals surface area contributed by atoms with E-state index in [1.54, 1.807) is 0 Å². The quantitative estimate of drug-likeness (QED) is 0.541. The minimum Gasteiger partial charge on any atom is -0.143 e. The minimum atomic E-state index is 0.759. The zero-order chi connectivity index (χ0) is 6.69. The molecule has 0 nitrogen and oxygen atoms in total. The molecule has 0 aliphatic carbocycles. The van der Waals surface area contributed by atoms with Crippen molar-refractivity contribution in [1.29, 1.82) is 0 Å². The Kier molecular flexibility index (Phi) is 2.99. The highest BCUT2D eigenvalue weighted by molar-refractivity contribution is 8.20. The van der Waals surface area contributed by atoms with Crippen molar-refractivity contribution in [1.82, 2.24) is 0 Å². The maximum absolute atomic E-state index is 2.35. The molecule has 0 N–H and O–H groups in total. The molecule has 0 amide bonds. The van der Waals surface area contributed by atoms with Gasteiger partial charge in [-0.15, -0.1) is 23.5 Å². The van der Waals surface area contributed by atoms with E-state index in [0.29, 0.717) is 0 Å². The van der Waals surface area contributed by atoms with Gasteiger partial charge in [-0.3, -0.25) is 0 Å². The van der Waals surface area contributed by atoms with Crippen molar-refractivity contribution < 1.29 is 0 Å². The maximum Gasteiger partial charge on any atom is 0.0685 e. The summed E-state index contributed by atoms with van der Waals surface area (Å²) in [6.45, 7) is 4.33. The molecular weight excluding hydrogens is 148 g/mol. The van der Waals surface area contributed by atoms with Crippen LogP contribution in [0.15, 0.2) is 11.6 Å². The van der Waals surface area contributed by atoms with Gasteiger partial charge in [0.2, 0.25) is 0 Å². The molecule has 1 aliphatic heterocycles. The number of hydrogen-bond donors (Lipinski definition) is 0. The van der Waals surface area contributed by atoms with Gasteiger partial charge in [0.05, 0.1) is 4.58 Å². The molecule has 0 aromatic rings. The first kappa shape index (κ1) is 7.55. The lowest BCUT2D eigenvalue weighted by molar-refractivity contribution is 1.35. The fraction of sp³-hybridized carbons (Fsp3) is 0.714. The summed E-state index contributed by atoms with van der Waals surface area (Å²) in [6, 6.07) is 0. The van der Waals surface area contributed by atoms with Gasteiger partial charge in [0.25, 0.3) is 0 Å². The third-order valence-electron chi connectivity index (χ3n) is 1.12. The third-order valence-corrected chi connectivity index (χ3v) is 4.00. The van der Waals surface area contributed by atoms with Gasteiger partial charge in [0, 0.05) is 11.5 Å². The van der Waals surface area contributed by atoms with Crippen molar-refractivity contribution in [2.45, 2.75) is 18.4 Å². The van der Waals surface area contributed by atoms with E-state index in [0.717, 1.165) is 4.58 Å². The van der Waals surface area contributed by atoms with Crippen LogP contribution in [-0.2, 0) is 0 Å². The molecule has 2 heteroatoms. The Bertz CT molecular complexity index is 108. The Labute approximate surface area is 65.5 Å². The van der Waals surface area contributed by atoms with Crippen LogP contribution in [0.25, 0.3) is 0 Å². The molecule has 0 aromatic carbocycles. The molecule has 0 saturated carbocycles. The second-order valence-electron chi connectivity index (χ2n) is 2.35. The van der Waals surface area contributed by atoms with Crippen molar-refractivity contribution in [3.05, 3.63) is 11.6 Å². The smallest absolute Gasteiger partial charge is 0.0685 e. The number of hydrogen-bond acceptors (Lipinski definition) is 2. The first-order valence-corrected chi connectivity index (χ1v) is 5.27. The van der Waals surface area contributed by atoms with Crippen LogP contribution in [0, 0.1) is 0 Å². The highest BCUT2D eigenvalue weighted by Gasteiger charge is 2.12. The molecule has 52 valence electrons. The van der Waals surface area contributed by atoms with Crippen molar-refractivity contribution in [2.75, 3.05) is 11.5 Å². The predicted octanol–water partition coefficient (Wildman–Crippen LogP) is 2.76. The van der Waals surface area contributed by atoms with Gasteiger partial charge in [0.15, 0.2) is 0 Å². The van der Waals surface area contributed by atoms with E-state index in [-0.39, 0.29) is 0 Å². The Morgan fingerprint density at radius 2 is 1.89 bits per heavy atom. The summed E-state index contributed by atoms with van der Waals surface area (Å²) in [5.74, 6) is 2.66. The average Bonchev–Trinajstić information content (AvgIpc) is 2.15. The standard InChI is InChI=1S/C7H12S2/c1-6(2)5-7-8-3-4-9-7/h5,7H,3-4H2,1-2H3. The number of allylic oxidation sites excluding steroid dienone is 1. The largest absolute Gasteiger partial charge is 0.143 e. The lowest BCUT2D eigenvalue weighted by atomic mass is 10.3. The molecule has 9 heavy (non-hydrogen) atoms. The zero-order valence-corrected chi connectivity index (χ0v) is 7.52. The molecule has 1 saturated heterocycles. The Hall–Kier alpha value is 0.440. The SMILES string of the molecule is CC(C)=CC1SCCS1. The van der Waals surface area contributed by atoms with Gasteiger partial charge in [-0.05, 0) is 13.8 Å². The molecule has 1 fully saturated rings. The summed E-state index contributed by atoms with van der Waals surface area (Å²) in [5.41, 5.74) is 1.45. The van der Waals surface area contributed by atoms with E-state index in [4.69, 9.17) is 0 Å². The zero-order valence-electron chi connectivity index (χ0n) is 5.89. The molecule has 0 unspecified atom stereocenters. The molecule has 1 heterocycles. The second kappa shape index (κ2) is 3.57. The van der Waals surface area contributed by atoms with Crippen LogP contribution >= 0.6 is 23.5 Å². The summed E-state index contributed by atoms with van der Waals surface area (Å²) in [7, 11) is 0. The third kappa shape index (κ3) is 2.67. The van der Waals surface area contributed by atoms with Crippen LogP contribution in [-0.4, -0.2) is 16.1 Å². The van der Waals surface area contributed by atoms with Gasteiger partial charge in [-0.1, -0.05) is 11.6 Å². The number of rotatable bonds is 1. The van der Waals surface area contributed by atoms with Crippen LogP contribution in [0.1, 0.15) is 13.8 Å². The molecule has 0 spiro atoms. The van der Waals surface area contributed by atoms with Gasteiger partial charge < -0.3 is 0 Å². The van der Waals surface area contributed by atoms with Gasteiger partial charge in [-0.25, -0.2) is 0 Å². The topological polar surface area (TPSA) is 0 Å². The summed E-state index contributed by atoms with van der Waals surface area (Å²) < 4.78 is 0.759. The van der Waals surface area contributed by atoms with Crippen LogP contribution in [0.4, 0.5) is 0 Å². The van der Waals surface area contributed by atoms with Crippen molar-refractivity contribution in [2.24, 2.45) is 0 Å². The molecule has 0 atom stereocenters. The fourth-order valence-electron chi connectivity index (χ4n) is 0.745. The lowest BCUT2D eigenvalue weighted by Crippen LogP contribution is -1.83.